The van der Waals surface area contributed by atoms with Gasteiger partial charge in [0.15, 0.2) is 0 Å². The van der Waals surface area contributed by atoms with Crippen LogP contribution in [-0.4, -0.2) is 37.1 Å². The van der Waals surface area contributed by atoms with Crippen LogP contribution in [0.25, 0.3) is 10.8 Å². The Bertz CT molecular complexity index is 1020. The van der Waals surface area contributed by atoms with E-state index in [1.165, 1.54) is 0 Å². The fraction of sp³-hybridized carbons (Fsp3) is 0.182. The highest BCUT2D eigenvalue weighted by Crippen LogP contribution is 2.22. The number of anilines is 2. The molecular formula is C22H20N4O. The zero-order valence-electron chi connectivity index (χ0n) is 14.9. The van der Waals surface area contributed by atoms with Gasteiger partial charge in [-0.05, 0) is 35.0 Å². The summed E-state index contributed by atoms with van der Waals surface area (Å²) in [5.41, 5.74) is 2.41. The molecule has 0 radical (unpaired) electrons. The maximum Gasteiger partial charge on any atom is 0.321 e. The van der Waals surface area contributed by atoms with Gasteiger partial charge < -0.3 is 15.1 Å². The number of hydrogen-bond donors (Lipinski definition) is 1. The lowest BCUT2D eigenvalue weighted by atomic mass is 10.1. The minimum atomic E-state index is -0.0847. The summed E-state index contributed by atoms with van der Waals surface area (Å²) in [6.45, 7) is 2.67. The second kappa shape index (κ2) is 7.38. The molecule has 5 heteroatoms. The van der Waals surface area contributed by atoms with Gasteiger partial charge in [0.25, 0.3) is 0 Å². The Kier molecular flexibility index (Phi) is 4.63. The third kappa shape index (κ3) is 3.56. The largest absolute Gasteiger partial charge is 0.367 e. The van der Waals surface area contributed by atoms with E-state index in [0.29, 0.717) is 31.7 Å². The van der Waals surface area contributed by atoms with Crippen molar-refractivity contribution in [1.82, 2.24) is 4.90 Å². The Labute approximate surface area is 158 Å². The Balaban J connectivity index is 1.40. The van der Waals surface area contributed by atoms with Gasteiger partial charge in [0.2, 0.25) is 0 Å². The van der Waals surface area contributed by atoms with Gasteiger partial charge in [-0.1, -0.05) is 42.5 Å². The zero-order valence-corrected chi connectivity index (χ0v) is 14.9. The molecule has 1 aliphatic heterocycles. The van der Waals surface area contributed by atoms with Gasteiger partial charge >= 0.3 is 6.03 Å². The van der Waals surface area contributed by atoms with Crippen molar-refractivity contribution in [2.45, 2.75) is 0 Å². The lowest BCUT2D eigenvalue weighted by Gasteiger charge is -2.36. The molecule has 0 bridgehead atoms. The minimum absolute atomic E-state index is 0.0847. The van der Waals surface area contributed by atoms with Crippen molar-refractivity contribution >= 4 is 28.2 Å². The van der Waals surface area contributed by atoms with Crippen LogP contribution in [0.5, 0.6) is 0 Å². The first-order chi connectivity index (χ1) is 13.2. The number of urea groups is 1. The molecule has 0 unspecified atom stereocenters. The van der Waals surface area contributed by atoms with Gasteiger partial charge in [0, 0.05) is 31.9 Å². The molecule has 1 heterocycles. The van der Waals surface area contributed by atoms with Crippen molar-refractivity contribution in [3.63, 3.8) is 0 Å². The number of nitrogens with one attached hydrogen (secondary N) is 1. The predicted octanol–water partition coefficient (Wildman–Crippen LogP) is 4.07. The SMILES string of the molecule is N#Cc1ccccc1N1CCN(C(=O)Nc2ccc3ccccc3c2)CC1. The summed E-state index contributed by atoms with van der Waals surface area (Å²) < 4.78 is 0. The topological polar surface area (TPSA) is 59.4 Å². The van der Waals surface area contributed by atoms with Gasteiger partial charge in [-0.2, -0.15) is 5.26 Å². The number of nitriles is 1. The lowest BCUT2D eigenvalue weighted by Crippen LogP contribution is -2.50. The molecule has 5 nitrogen and oxygen atoms in total. The average molecular weight is 356 g/mol. The first-order valence-corrected chi connectivity index (χ1v) is 9.03. The molecule has 0 saturated carbocycles. The Morgan fingerprint density at radius 2 is 1.59 bits per heavy atom. The summed E-state index contributed by atoms with van der Waals surface area (Å²) >= 11 is 0. The highest BCUT2D eigenvalue weighted by molar-refractivity contribution is 5.93. The minimum Gasteiger partial charge on any atom is -0.367 e. The van der Waals surface area contributed by atoms with E-state index in [1.54, 1.807) is 0 Å². The van der Waals surface area contributed by atoms with Crippen LogP contribution in [0.2, 0.25) is 0 Å². The number of carbonyl (C=O) groups is 1. The van der Waals surface area contributed by atoms with E-state index in [-0.39, 0.29) is 6.03 Å². The van der Waals surface area contributed by atoms with E-state index in [0.717, 1.165) is 22.1 Å². The Morgan fingerprint density at radius 1 is 0.889 bits per heavy atom. The summed E-state index contributed by atoms with van der Waals surface area (Å²) in [6, 6.07) is 23.8. The van der Waals surface area contributed by atoms with E-state index >= 15 is 0 Å². The fourth-order valence-corrected chi connectivity index (χ4v) is 3.46. The van der Waals surface area contributed by atoms with Gasteiger partial charge in [0.05, 0.1) is 11.3 Å². The smallest absolute Gasteiger partial charge is 0.321 e. The molecule has 0 aliphatic carbocycles. The molecule has 4 rings (SSSR count). The summed E-state index contributed by atoms with van der Waals surface area (Å²) in [6.07, 6.45) is 0. The van der Waals surface area contributed by atoms with E-state index in [4.69, 9.17) is 0 Å². The number of carbonyl (C=O) groups excluding carboxylic acids is 1. The van der Waals surface area contributed by atoms with Gasteiger partial charge in [-0.3, -0.25) is 0 Å². The van der Waals surface area contributed by atoms with Crippen LogP contribution in [0.1, 0.15) is 5.56 Å². The van der Waals surface area contributed by atoms with E-state index in [1.807, 2.05) is 65.6 Å². The van der Waals surface area contributed by atoms with Crippen LogP contribution in [0.3, 0.4) is 0 Å². The van der Waals surface area contributed by atoms with Crippen LogP contribution in [-0.2, 0) is 0 Å². The molecule has 1 N–H and O–H groups in total. The van der Waals surface area contributed by atoms with Crippen LogP contribution < -0.4 is 10.2 Å². The standard InChI is InChI=1S/C22H20N4O/c23-16-19-7-3-4-8-21(19)25-11-13-26(14-12-25)22(27)24-20-10-9-17-5-1-2-6-18(17)15-20/h1-10,15H,11-14H2,(H,24,27). The monoisotopic (exact) mass is 356 g/mol. The fourth-order valence-electron chi connectivity index (χ4n) is 3.46. The van der Waals surface area contributed by atoms with Crippen molar-refractivity contribution in [2.75, 3.05) is 36.4 Å². The number of piperazine rings is 1. The van der Waals surface area contributed by atoms with Crippen molar-refractivity contribution in [3.05, 3.63) is 72.3 Å². The maximum absolute atomic E-state index is 12.6. The summed E-state index contributed by atoms with van der Waals surface area (Å²) in [5.74, 6) is 0. The highest BCUT2D eigenvalue weighted by atomic mass is 16.2. The van der Waals surface area contributed by atoms with Gasteiger partial charge in [-0.25, -0.2) is 4.79 Å². The molecule has 3 aromatic rings. The summed E-state index contributed by atoms with van der Waals surface area (Å²) in [5, 5.41) is 14.5. The van der Waals surface area contributed by atoms with E-state index in [2.05, 4.69) is 22.4 Å². The molecule has 0 atom stereocenters. The predicted molar refractivity (Wildman–Crippen MR) is 108 cm³/mol. The summed E-state index contributed by atoms with van der Waals surface area (Å²) in [4.78, 5) is 16.6. The first-order valence-electron chi connectivity index (χ1n) is 9.03. The molecule has 1 fully saturated rings. The second-order valence-electron chi connectivity index (χ2n) is 6.60. The first kappa shape index (κ1) is 16.9. The van der Waals surface area contributed by atoms with Gasteiger partial charge in [-0.15, -0.1) is 0 Å². The van der Waals surface area contributed by atoms with Crippen molar-refractivity contribution in [3.8, 4) is 6.07 Å². The number of amides is 2. The van der Waals surface area contributed by atoms with Crippen molar-refractivity contribution < 1.29 is 4.79 Å². The molecule has 134 valence electrons. The number of rotatable bonds is 2. The van der Waals surface area contributed by atoms with Crippen molar-refractivity contribution in [2.24, 2.45) is 0 Å². The van der Waals surface area contributed by atoms with Crippen molar-refractivity contribution in [1.29, 1.82) is 5.26 Å². The molecule has 2 amide bonds. The third-order valence-corrected chi connectivity index (χ3v) is 4.93. The number of para-hydroxylation sites is 1. The molecule has 1 saturated heterocycles. The number of nitrogens with zero attached hydrogens (tertiary/aromatic N) is 3. The van der Waals surface area contributed by atoms with E-state index < -0.39 is 0 Å². The van der Waals surface area contributed by atoms with Gasteiger partial charge in [0.1, 0.15) is 6.07 Å². The molecule has 27 heavy (non-hydrogen) atoms. The van der Waals surface area contributed by atoms with Crippen LogP contribution in [0.4, 0.5) is 16.2 Å². The average Bonchev–Trinajstić information content (AvgIpc) is 2.73. The number of hydrogen-bond acceptors (Lipinski definition) is 3. The number of benzene rings is 3. The highest BCUT2D eigenvalue weighted by Gasteiger charge is 2.22. The third-order valence-electron chi connectivity index (χ3n) is 4.93. The molecule has 1 aliphatic rings. The Morgan fingerprint density at radius 3 is 2.37 bits per heavy atom. The number of fused-ring (bicyclic) bond motifs is 1. The lowest BCUT2D eigenvalue weighted by molar-refractivity contribution is 0.208. The maximum atomic E-state index is 12.6. The molecule has 3 aromatic carbocycles. The molecular weight excluding hydrogens is 336 g/mol. The summed E-state index contributed by atoms with van der Waals surface area (Å²) in [7, 11) is 0. The van der Waals surface area contributed by atoms with E-state index in [9.17, 15) is 10.1 Å². The molecule has 0 aromatic heterocycles. The normalized spacial score (nSPS) is 14.0. The molecule has 0 spiro atoms. The Hall–Kier alpha value is -3.52. The van der Waals surface area contributed by atoms with Crippen LogP contribution in [0, 0.1) is 11.3 Å². The zero-order chi connectivity index (χ0) is 18.6. The quantitative estimate of drug-likeness (QED) is 0.753. The second-order valence-corrected chi connectivity index (χ2v) is 6.60. The van der Waals surface area contributed by atoms with Crippen LogP contribution >= 0.6 is 0 Å². The van der Waals surface area contributed by atoms with Crippen LogP contribution in [0.15, 0.2) is 66.7 Å².